The van der Waals surface area contributed by atoms with Gasteiger partial charge in [-0.1, -0.05) is 0 Å². The van der Waals surface area contributed by atoms with E-state index in [-0.39, 0.29) is 6.03 Å². The zero-order valence-electron chi connectivity index (χ0n) is 9.15. The Morgan fingerprint density at radius 1 is 1.67 bits per heavy atom. The molecule has 1 atom stereocenters. The monoisotopic (exact) mass is 228 g/mol. The number of rotatable bonds is 4. The topological polar surface area (TPSA) is 57.3 Å². The first-order valence-corrected chi connectivity index (χ1v) is 5.58. The van der Waals surface area contributed by atoms with E-state index in [9.17, 15) is 4.79 Å². The Morgan fingerprint density at radius 2 is 2.40 bits per heavy atom. The number of hydrogen-bond donors (Lipinski definition) is 2. The standard InChI is InChI=1S/C9H16N4OS/c1-7(13(2)3)6-11-8(14)12-9-10-4-5-15-9/h4-5,7H,6H2,1-3H3,(H2,10,11,12,14)/t7-/m0/s1. The van der Waals surface area contributed by atoms with Crippen molar-refractivity contribution in [3.63, 3.8) is 0 Å². The second-order valence-electron chi connectivity index (χ2n) is 3.48. The molecule has 0 aliphatic rings. The maximum Gasteiger partial charge on any atom is 0.321 e. The van der Waals surface area contributed by atoms with Crippen molar-refractivity contribution in [3.05, 3.63) is 11.6 Å². The summed E-state index contributed by atoms with van der Waals surface area (Å²) in [5, 5.41) is 7.87. The summed E-state index contributed by atoms with van der Waals surface area (Å²) in [6.07, 6.45) is 1.66. The first-order chi connectivity index (χ1) is 7.09. The van der Waals surface area contributed by atoms with Crippen molar-refractivity contribution in [1.82, 2.24) is 15.2 Å². The van der Waals surface area contributed by atoms with E-state index in [4.69, 9.17) is 0 Å². The van der Waals surface area contributed by atoms with Crippen LogP contribution in [0.3, 0.4) is 0 Å². The summed E-state index contributed by atoms with van der Waals surface area (Å²) < 4.78 is 0. The van der Waals surface area contributed by atoms with E-state index >= 15 is 0 Å². The number of likely N-dealkylation sites (N-methyl/N-ethyl adjacent to an activating group) is 1. The highest BCUT2D eigenvalue weighted by atomic mass is 32.1. The average molecular weight is 228 g/mol. The highest BCUT2D eigenvalue weighted by molar-refractivity contribution is 7.13. The summed E-state index contributed by atoms with van der Waals surface area (Å²) >= 11 is 1.40. The molecule has 1 aromatic rings. The number of urea groups is 1. The minimum absolute atomic E-state index is 0.210. The van der Waals surface area contributed by atoms with Crippen LogP contribution >= 0.6 is 11.3 Å². The van der Waals surface area contributed by atoms with Gasteiger partial charge in [0.2, 0.25) is 0 Å². The van der Waals surface area contributed by atoms with E-state index in [1.165, 1.54) is 11.3 Å². The molecular formula is C9H16N4OS. The fraction of sp³-hybridized carbons (Fsp3) is 0.556. The largest absolute Gasteiger partial charge is 0.336 e. The molecule has 0 bridgehead atoms. The van der Waals surface area contributed by atoms with Crippen LogP contribution < -0.4 is 10.6 Å². The number of carbonyl (C=O) groups excluding carboxylic acids is 1. The molecule has 1 aromatic heterocycles. The number of hydrogen-bond acceptors (Lipinski definition) is 4. The van der Waals surface area contributed by atoms with E-state index in [1.54, 1.807) is 6.20 Å². The van der Waals surface area contributed by atoms with Crippen molar-refractivity contribution >= 4 is 22.5 Å². The Morgan fingerprint density at radius 3 is 2.93 bits per heavy atom. The van der Waals surface area contributed by atoms with Gasteiger partial charge in [0.15, 0.2) is 5.13 Å². The van der Waals surface area contributed by atoms with Gasteiger partial charge in [0.05, 0.1) is 0 Å². The van der Waals surface area contributed by atoms with Gasteiger partial charge in [-0.2, -0.15) is 0 Å². The van der Waals surface area contributed by atoms with Gasteiger partial charge < -0.3 is 10.2 Å². The molecule has 0 aliphatic heterocycles. The van der Waals surface area contributed by atoms with E-state index in [0.29, 0.717) is 17.7 Å². The summed E-state index contributed by atoms with van der Waals surface area (Å²) in [6, 6.07) is 0.102. The predicted octanol–water partition coefficient (Wildman–Crippen LogP) is 1.21. The van der Waals surface area contributed by atoms with Gasteiger partial charge in [-0.15, -0.1) is 11.3 Å². The lowest BCUT2D eigenvalue weighted by molar-refractivity contribution is 0.245. The number of amides is 2. The van der Waals surface area contributed by atoms with Crippen LogP contribution in [0.4, 0.5) is 9.93 Å². The average Bonchev–Trinajstić information content (AvgIpc) is 2.66. The molecule has 2 N–H and O–H groups in total. The summed E-state index contributed by atoms with van der Waals surface area (Å²) in [5.41, 5.74) is 0. The Hall–Kier alpha value is -1.14. The highest BCUT2D eigenvalue weighted by Crippen LogP contribution is 2.09. The van der Waals surface area contributed by atoms with Gasteiger partial charge in [0.1, 0.15) is 0 Å². The molecule has 0 aromatic carbocycles. The zero-order chi connectivity index (χ0) is 11.3. The number of nitrogens with one attached hydrogen (secondary N) is 2. The van der Waals surface area contributed by atoms with Crippen LogP contribution in [0.2, 0.25) is 0 Å². The van der Waals surface area contributed by atoms with Crippen molar-refractivity contribution in [1.29, 1.82) is 0 Å². The van der Waals surface area contributed by atoms with Crippen LogP contribution in [0.15, 0.2) is 11.6 Å². The molecule has 0 saturated carbocycles. The fourth-order valence-corrected chi connectivity index (χ4v) is 1.37. The Balaban J connectivity index is 2.25. The minimum Gasteiger partial charge on any atom is -0.336 e. The number of thiazole rings is 1. The van der Waals surface area contributed by atoms with Crippen LogP contribution in [0, 0.1) is 0 Å². The quantitative estimate of drug-likeness (QED) is 0.814. The van der Waals surface area contributed by atoms with Crippen LogP contribution in [0.1, 0.15) is 6.92 Å². The lowest BCUT2D eigenvalue weighted by Crippen LogP contribution is -2.40. The summed E-state index contributed by atoms with van der Waals surface area (Å²) in [4.78, 5) is 17.4. The van der Waals surface area contributed by atoms with E-state index < -0.39 is 0 Å². The van der Waals surface area contributed by atoms with E-state index in [0.717, 1.165) is 0 Å². The molecule has 5 nitrogen and oxygen atoms in total. The van der Waals surface area contributed by atoms with Gasteiger partial charge in [-0.3, -0.25) is 5.32 Å². The molecule has 0 unspecified atom stereocenters. The van der Waals surface area contributed by atoms with Crippen molar-refractivity contribution in [2.24, 2.45) is 0 Å². The lowest BCUT2D eigenvalue weighted by atomic mass is 10.3. The summed E-state index contributed by atoms with van der Waals surface area (Å²) in [7, 11) is 3.95. The van der Waals surface area contributed by atoms with Gasteiger partial charge in [0.25, 0.3) is 0 Å². The predicted molar refractivity (Wildman–Crippen MR) is 62.3 cm³/mol. The molecule has 2 amide bonds. The Kier molecular flexibility index (Phi) is 4.51. The van der Waals surface area contributed by atoms with Crippen molar-refractivity contribution < 1.29 is 4.79 Å². The summed E-state index contributed by atoms with van der Waals surface area (Å²) in [6.45, 7) is 2.66. The molecule has 0 aliphatic carbocycles. The fourth-order valence-electron chi connectivity index (χ4n) is 0.849. The first-order valence-electron chi connectivity index (χ1n) is 4.70. The van der Waals surface area contributed by atoms with Gasteiger partial charge in [-0.25, -0.2) is 9.78 Å². The minimum atomic E-state index is -0.210. The molecule has 84 valence electrons. The Bertz CT molecular complexity index is 299. The molecular weight excluding hydrogens is 212 g/mol. The SMILES string of the molecule is C[C@@H](CNC(=O)Nc1nccs1)N(C)C. The van der Waals surface area contributed by atoms with Crippen molar-refractivity contribution in [3.8, 4) is 0 Å². The third kappa shape index (κ3) is 4.26. The van der Waals surface area contributed by atoms with Crippen molar-refractivity contribution in [2.75, 3.05) is 26.0 Å². The maximum atomic E-state index is 11.4. The van der Waals surface area contributed by atoms with Gasteiger partial charge in [0, 0.05) is 24.2 Å². The zero-order valence-corrected chi connectivity index (χ0v) is 9.97. The second-order valence-corrected chi connectivity index (χ2v) is 4.38. The molecule has 6 heteroatoms. The van der Waals surface area contributed by atoms with Crippen LogP contribution in [-0.4, -0.2) is 42.6 Å². The smallest absolute Gasteiger partial charge is 0.321 e. The van der Waals surface area contributed by atoms with E-state index in [2.05, 4.69) is 15.6 Å². The number of nitrogens with zero attached hydrogens (tertiary/aromatic N) is 2. The first kappa shape index (κ1) is 11.9. The van der Waals surface area contributed by atoms with Crippen LogP contribution in [0.25, 0.3) is 0 Å². The third-order valence-electron chi connectivity index (χ3n) is 2.09. The Labute approximate surface area is 93.5 Å². The lowest BCUT2D eigenvalue weighted by Gasteiger charge is -2.19. The second kappa shape index (κ2) is 5.67. The number of aromatic nitrogens is 1. The molecule has 0 spiro atoms. The molecule has 0 fully saturated rings. The number of carbonyl (C=O) groups is 1. The normalized spacial score (nSPS) is 12.5. The molecule has 15 heavy (non-hydrogen) atoms. The third-order valence-corrected chi connectivity index (χ3v) is 2.78. The van der Waals surface area contributed by atoms with Crippen LogP contribution in [-0.2, 0) is 0 Å². The molecule has 1 rings (SSSR count). The van der Waals surface area contributed by atoms with Crippen molar-refractivity contribution in [2.45, 2.75) is 13.0 Å². The van der Waals surface area contributed by atoms with Gasteiger partial charge >= 0.3 is 6.03 Å². The number of anilines is 1. The van der Waals surface area contributed by atoms with Crippen LogP contribution in [0.5, 0.6) is 0 Å². The maximum absolute atomic E-state index is 11.4. The molecule has 0 saturated heterocycles. The summed E-state index contributed by atoms with van der Waals surface area (Å²) in [5.74, 6) is 0. The molecule has 1 heterocycles. The van der Waals surface area contributed by atoms with Gasteiger partial charge in [-0.05, 0) is 21.0 Å². The highest BCUT2D eigenvalue weighted by Gasteiger charge is 2.07. The van der Waals surface area contributed by atoms with E-state index in [1.807, 2.05) is 31.3 Å². The molecule has 0 radical (unpaired) electrons.